The summed E-state index contributed by atoms with van der Waals surface area (Å²) >= 11 is 13.0. The molecule has 0 bridgehead atoms. The normalized spacial score (nSPS) is 10.8. The number of hydrogen-bond donors (Lipinski definition) is 1. The fraction of sp³-hybridized carbons (Fsp3) is 0. The third kappa shape index (κ3) is 2.67. The zero-order valence-electron chi connectivity index (χ0n) is 10.1. The van der Waals surface area contributed by atoms with E-state index in [1.165, 1.54) is 18.3 Å². The largest absolute Gasteiger partial charge is 0.319 e. The number of nitrogens with zero attached hydrogens (tertiary/aromatic N) is 3. The van der Waals surface area contributed by atoms with Gasteiger partial charge in [0, 0.05) is 17.8 Å². The van der Waals surface area contributed by atoms with Gasteiger partial charge in [0.2, 0.25) is 5.95 Å². The molecule has 0 saturated heterocycles. The molecular formula is C12H5Cl2FN4OS. The van der Waals surface area contributed by atoms with Crippen molar-refractivity contribution in [3.8, 4) is 0 Å². The van der Waals surface area contributed by atoms with E-state index in [0.717, 1.165) is 17.8 Å². The fourth-order valence-corrected chi connectivity index (χ4v) is 2.88. The summed E-state index contributed by atoms with van der Waals surface area (Å²) in [7, 11) is 0. The van der Waals surface area contributed by atoms with E-state index >= 15 is 0 Å². The van der Waals surface area contributed by atoms with Gasteiger partial charge in [-0.15, -0.1) is 0 Å². The zero-order chi connectivity index (χ0) is 15.0. The van der Waals surface area contributed by atoms with E-state index in [-0.39, 0.29) is 16.3 Å². The minimum atomic E-state index is -0.745. The lowest BCUT2D eigenvalue weighted by molar-refractivity contribution is 0.102. The van der Waals surface area contributed by atoms with Gasteiger partial charge in [-0.05, 0) is 12.1 Å². The van der Waals surface area contributed by atoms with Gasteiger partial charge in [-0.25, -0.2) is 4.98 Å². The lowest BCUT2D eigenvalue weighted by Gasteiger charge is -2.08. The lowest BCUT2D eigenvalue weighted by Crippen LogP contribution is -2.13. The van der Waals surface area contributed by atoms with Gasteiger partial charge < -0.3 is 5.32 Å². The van der Waals surface area contributed by atoms with Crippen LogP contribution in [0.2, 0.25) is 10.0 Å². The van der Waals surface area contributed by atoms with Crippen molar-refractivity contribution in [1.82, 2.24) is 13.7 Å². The number of aromatic nitrogens is 3. The second-order valence-electron chi connectivity index (χ2n) is 4.00. The van der Waals surface area contributed by atoms with Crippen molar-refractivity contribution in [2.24, 2.45) is 0 Å². The number of benzene rings is 1. The average molecular weight is 343 g/mol. The molecule has 0 fully saturated rings. The predicted octanol–water partition coefficient (Wildman–Crippen LogP) is 3.78. The number of carbonyl (C=O) groups is 1. The minimum absolute atomic E-state index is 0.116. The molecule has 5 nitrogen and oxygen atoms in total. The lowest BCUT2D eigenvalue weighted by atomic mass is 10.2. The van der Waals surface area contributed by atoms with Gasteiger partial charge in [-0.3, -0.25) is 4.79 Å². The molecule has 2 heterocycles. The standard InChI is InChI=1S/C12H5Cl2FN4OS/c13-6-4-7(14)10-11(19-21-18-10)9(6)17-12(20)5-1-2-16-8(15)3-5/h1-4H,(H,17,20). The highest BCUT2D eigenvalue weighted by Crippen LogP contribution is 2.35. The van der Waals surface area contributed by atoms with Crippen LogP contribution in [0.4, 0.5) is 10.1 Å². The molecule has 0 aliphatic carbocycles. The predicted molar refractivity (Wildman–Crippen MR) is 79.6 cm³/mol. The molecule has 0 spiro atoms. The van der Waals surface area contributed by atoms with Crippen LogP contribution >= 0.6 is 34.9 Å². The van der Waals surface area contributed by atoms with Crippen LogP contribution in [0, 0.1) is 5.95 Å². The molecule has 1 amide bonds. The number of carbonyl (C=O) groups excluding carboxylic acids is 1. The first-order chi connectivity index (χ1) is 10.1. The summed E-state index contributed by atoms with van der Waals surface area (Å²) in [4.78, 5) is 15.5. The van der Waals surface area contributed by atoms with E-state index in [9.17, 15) is 9.18 Å². The SMILES string of the molecule is O=C(Nc1c(Cl)cc(Cl)c2nsnc12)c1ccnc(F)c1. The molecule has 106 valence electrons. The van der Waals surface area contributed by atoms with Gasteiger partial charge in [-0.2, -0.15) is 13.1 Å². The first-order valence-electron chi connectivity index (χ1n) is 5.59. The maximum absolute atomic E-state index is 13.0. The molecule has 0 atom stereocenters. The number of hydrogen-bond acceptors (Lipinski definition) is 5. The number of fused-ring (bicyclic) bond motifs is 1. The number of rotatable bonds is 2. The first-order valence-corrected chi connectivity index (χ1v) is 7.08. The second kappa shape index (κ2) is 5.51. The summed E-state index contributed by atoms with van der Waals surface area (Å²) in [5, 5.41) is 3.16. The van der Waals surface area contributed by atoms with Crippen molar-refractivity contribution in [3.63, 3.8) is 0 Å². The van der Waals surface area contributed by atoms with Crippen LogP contribution in [-0.4, -0.2) is 19.6 Å². The number of nitrogens with one attached hydrogen (secondary N) is 1. The second-order valence-corrected chi connectivity index (χ2v) is 5.34. The van der Waals surface area contributed by atoms with E-state index in [4.69, 9.17) is 23.2 Å². The Balaban J connectivity index is 2.02. The van der Waals surface area contributed by atoms with E-state index in [1.54, 1.807) is 0 Å². The van der Waals surface area contributed by atoms with Gasteiger partial charge >= 0.3 is 0 Å². The Morgan fingerprint density at radius 1 is 1.19 bits per heavy atom. The van der Waals surface area contributed by atoms with Crippen molar-refractivity contribution in [1.29, 1.82) is 0 Å². The van der Waals surface area contributed by atoms with Crippen molar-refractivity contribution >= 4 is 57.6 Å². The van der Waals surface area contributed by atoms with Crippen LogP contribution in [0.25, 0.3) is 11.0 Å². The summed E-state index contributed by atoms with van der Waals surface area (Å²) in [5.74, 6) is -1.28. The van der Waals surface area contributed by atoms with Crippen LogP contribution in [0.1, 0.15) is 10.4 Å². The van der Waals surface area contributed by atoms with Crippen molar-refractivity contribution in [3.05, 3.63) is 46.0 Å². The van der Waals surface area contributed by atoms with E-state index in [2.05, 4.69) is 19.0 Å². The molecule has 3 rings (SSSR count). The Morgan fingerprint density at radius 2 is 1.95 bits per heavy atom. The Kier molecular flexibility index (Phi) is 3.71. The highest BCUT2D eigenvalue weighted by Gasteiger charge is 2.17. The van der Waals surface area contributed by atoms with E-state index in [0.29, 0.717) is 16.1 Å². The molecule has 0 radical (unpaired) electrons. The van der Waals surface area contributed by atoms with Crippen LogP contribution in [-0.2, 0) is 0 Å². The molecular weight excluding hydrogens is 338 g/mol. The minimum Gasteiger partial charge on any atom is -0.319 e. The molecule has 0 unspecified atom stereocenters. The maximum Gasteiger partial charge on any atom is 0.255 e. The van der Waals surface area contributed by atoms with Crippen molar-refractivity contribution in [2.45, 2.75) is 0 Å². The van der Waals surface area contributed by atoms with Gasteiger partial charge in [0.15, 0.2) is 0 Å². The fourth-order valence-electron chi connectivity index (χ4n) is 1.72. The van der Waals surface area contributed by atoms with Gasteiger partial charge in [-0.1, -0.05) is 23.2 Å². The summed E-state index contributed by atoms with van der Waals surface area (Å²) in [6.07, 6.45) is 1.20. The zero-order valence-corrected chi connectivity index (χ0v) is 12.4. The summed E-state index contributed by atoms with van der Waals surface area (Å²) in [6, 6.07) is 3.88. The van der Waals surface area contributed by atoms with E-state index < -0.39 is 11.9 Å². The third-order valence-electron chi connectivity index (χ3n) is 2.67. The summed E-state index contributed by atoms with van der Waals surface area (Å²) < 4.78 is 21.1. The Bertz CT molecular complexity index is 854. The number of anilines is 1. The molecule has 3 aromatic rings. The van der Waals surface area contributed by atoms with Gasteiger partial charge in [0.1, 0.15) is 11.0 Å². The number of pyridine rings is 1. The quantitative estimate of drug-likeness (QED) is 0.719. The van der Waals surface area contributed by atoms with Gasteiger partial charge in [0.05, 0.1) is 27.5 Å². The van der Waals surface area contributed by atoms with Crippen molar-refractivity contribution < 1.29 is 9.18 Å². The molecule has 0 aliphatic rings. The Labute approximate surface area is 132 Å². The maximum atomic E-state index is 13.0. The molecule has 0 aliphatic heterocycles. The summed E-state index contributed by atoms with van der Waals surface area (Å²) in [6.45, 7) is 0. The number of amides is 1. The molecule has 0 saturated carbocycles. The van der Waals surface area contributed by atoms with Crippen LogP contribution < -0.4 is 5.32 Å². The third-order valence-corrected chi connectivity index (χ3v) is 3.79. The van der Waals surface area contributed by atoms with E-state index in [1.807, 2.05) is 0 Å². The molecule has 21 heavy (non-hydrogen) atoms. The van der Waals surface area contributed by atoms with Crippen molar-refractivity contribution in [2.75, 3.05) is 5.32 Å². The Morgan fingerprint density at radius 3 is 2.71 bits per heavy atom. The summed E-state index contributed by atoms with van der Waals surface area (Å²) in [5.41, 5.74) is 1.24. The molecule has 1 N–H and O–H groups in total. The van der Waals surface area contributed by atoms with Crippen LogP contribution in [0.5, 0.6) is 0 Å². The Hall–Kier alpha value is -1.83. The number of halogens is 3. The first kappa shape index (κ1) is 14.1. The molecule has 2 aromatic heterocycles. The van der Waals surface area contributed by atoms with Gasteiger partial charge in [0.25, 0.3) is 5.91 Å². The van der Waals surface area contributed by atoms with Crippen LogP contribution in [0.15, 0.2) is 24.4 Å². The molecule has 1 aromatic carbocycles. The van der Waals surface area contributed by atoms with Crippen LogP contribution in [0.3, 0.4) is 0 Å². The highest BCUT2D eigenvalue weighted by molar-refractivity contribution is 7.00. The monoisotopic (exact) mass is 342 g/mol. The smallest absolute Gasteiger partial charge is 0.255 e. The topological polar surface area (TPSA) is 67.8 Å². The average Bonchev–Trinajstić information content (AvgIpc) is 2.93. The molecule has 9 heteroatoms. The highest BCUT2D eigenvalue weighted by atomic mass is 35.5.